The highest BCUT2D eigenvalue weighted by atomic mass is 79.9. The maximum absolute atomic E-state index is 12.7. The average Bonchev–Trinajstić information content (AvgIpc) is 2.88. The minimum absolute atomic E-state index is 0.0206. The lowest BCUT2D eigenvalue weighted by molar-refractivity contribution is -0.141. The zero-order valence-electron chi connectivity index (χ0n) is 20.1. The normalized spacial score (nSPS) is 15.2. The SMILES string of the molecule is CCc1ccc(OC(C)C(=O)Oc2ccc3c(c2)OC(N)=C(C#N)C3c2cc(Br)ccc2OC)cc1. The molecule has 3 aromatic rings. The molecule has 0 bridgehead atoms. The lowest BCUT2D eigenvalue weighted by Crippen LogP contribution is -2.28. The van der Waals surface area contributed by atoms with Gasteiger partial charge >= 0.3 is 5.97 Å². The molecule has 2 unspecified atom stereocenters. The van der Waals surface area contributed by atoms with Crippen molar-refractivity contribution >= 4 is 21.9 Å². The number of methoxy groups -OCH3 is 1. The van der Waals surface area contributed by atoms with Gasteiger partial charge in [0.1, 0.15) is 34.6 Å². The molecule has 0 aliphatic carbocycles. The number of ether oxygens (including phenoxy) is 4. The molecular formula is C28H25BrN2O5. The minimum Gasteiger partial charge on any atom is -0.496 e. The molecule has 7 nitrogen and oxygen atoms in total. The number of allylic oxidation sites excluding steroid dienone is 1. The van der Waals surface area contributed by atoms with Crippen LogP contribution in [-0.2, 0) is 11.2 Å². The van der Waals surface area contributed by atoms with Gasteiger partial charge < -0.3 is 24.7 Å². The standard InChI is InChI=1S/C28H25BrN2O5/c1-4-17-5-8-19(9-6-17)34-16(2)28(32)35-20-10-11-21-25(14-20)36-27(31)23(15-30)26(21)22-13-18(29)7-12-24(22)33-3/h5-14,16,26H,4,31H2,1-3H3. The van der Waals surface area contributed by atoms with E-state index >= 15 is 0 Å². The fraction of sp³-hybridized carbons (Fsp3) is 0.214. The van der Waals surface area contributed by atoms with Crippen LogP contribution in [0.4, 0.5) is 0 Å². The number of hydrogen-bond donors (Lipinski definition) is 1. The monoisotopic (exact) mass is 548 g/mol. The quantitative estimate of drug-likeness (QED) is 0.302. The van der Waals surface area contributed by atoms with Gasteiger partial charge in [-0.05, 0) is 55.3 Å². The summed E-state index contributed by atoms with van der Waals surface area (Å²) in [5, 5.41) is 9.83. The Morgan fingerprint density at radius 1 is 1.11 bits per heavy atom. The maximum Gasteiger partial charge on any atom is 0.352 e. The Labute approximate surface area is 218 Å². The maximum atomic E-state index is 12.7. The zero-order valence-corrected chi connectivity index (χ0v) is 21.7. The highest BCUT2D eigenvalue weighted by Crippen LogP contribution is 2.46. The van der Waals surface area contributed by atoms with Crippen LogP contribution >= 0.6 is 15.9 Å². The number of aryl methyl sites for hydroxylation is 1. The molecule has 184 valence electrons. The Morgan fingerprint density at radius 3 is 2.50 bits per heavy atom. The molecule has 4 rings (SSSR count). The molecule has 2 N–H and O–H groups in total. The summed E-state index contributed by atoms with van der Waals surface area (Å²) in [5.41, 5.74) is 9.00. The Bertz CT molecular complexity index is 1360. The Hall–Kier alpha value is -3.96. The molecule has 3 aromatic carbocycles. The van der Waals surface area contributed by atoms with E-state index in [-0.39, 0.29) is 17.2 Å². The number of esters is 1. The summed E-state index contributed by atoms with van der Waals surface area (Å²) in [7, 11) is 1.57. The molecule has 0 saturated carbocycles. The van der Waals surface area contributed by atoms with Crippen molar-refractivity contribution in [2.45, 2.75) is 32.3 Å². The van der Waals surface area contributed by atoms with Crippen LogP contribution in [-0.4, -0.2) is 19.2 Å². The van der Waals surface area contributed by atoms with Crippen LogP contribution in [0.15, 0.2) is 76.6 Å². The summed E-state index contributed by atoms with van der Waals surface area (Å²) in [5.74, 6) is 0.730. The predicted molar refractivity (Wildman–Crippen MR) is 138 cm³/mol. The van der Waals surface area contributed by atoms with E-state index in [2.05, 4.69) is 28.9 Å². The second kappa shape index (κ2) is 10.8. The van der Waals surface area contributed by atoms with E-state index in [4.69, 9.17) is 24.7 Å². The number of halogens is 1. The smallest absolute Gasteiger partial charge is 0.352 e. The lowest BCUT2D eigenvalue weighted by atomic mass is 9.83. The van der Waals surface area contributed by atoms with Gasteiger partial charge in [-0.15, -0.1) is 0 Å². The molecule has 0 fully saturated rings. The average molecular weight is 549 g/mol. The first-order valence-electron chi connectivity index (χ1n) is 11.4. The van der Waals surface area contributed by atoms with Gasteiger partial charge in [0.2, 0.25) is 5.88 Å². The number of carbonyl (C=O) groups excluding carboxylic acids is 1. The van der Waals surface area contributed by atoms with E-state index in [9.17, 15) is 10.1 Å². The Balaban J connectivity index is 1.59. The molecular weight excluding hydrogens is 524 g/mol. The topological polar surface area (TPSA) is 104 Å². The van der Waals surface area contributed by atoms with Crippen LogP contribution in [0.5, 0.6) is 23.0 Å². The number of benzene rings is 3. The predicted octanol–water partition coefficient (Wildman–Crippen LogP) is 5.61. The summed E-state index contributed by atoms with van der Waals surface area (Å²) in [6, 6.07) is 20.3. The first kappa shape index (κ1) is 25.1. The highest BCUT2D eigenvalue weighted by Gasteiger charge is 2.33. The molecule has 2 atom stereocenters. The van der Waals surface area contributed by atoms with E-state index in [1.54, 1.807) is 32.2 Å². The second-order valence-corrected chi connectivity index (χ2v) is 9.11. The van der Waals surface area contributed by atoms with E-state index < -0.39 is 18.0 Å². The summed E-state index contributed by atoms with van der Waals surface area (Å²) in [4.78, 5) is 12.7. The van der Waals surface area contributed by atoms with Crippen molar-refractivity contribution in [2.75, 3.05) is 7.11 Å². The van der Waals surface area contributed by atoms with Gasteiger partial charge in [-0.25, -0.2) is 4.79 Å². The van der Waals surface area contributed by atoms with Gasteiger partial charge in [0.05, 0.1) is 13.0 Å². The number of fused-ring (bicyclic) bond motifs is 1. The van der Waals surface area contributed by atoms with Gasteiger partial charge in [-0.1, -0.05) is 41.1 Å². The van der Waals surface area contributed by atoms with E-state index in [1.807, 2.05) is 42.5 Å². The molecule has 36 heavy (non-hydrogen) atoms. The number of carbonyl (C=O) groups is 1. The van der Waals surface area contributed by atoms with Gasteiger partial charge in [-0.2, -0.15) is 5.26 Å². The molecule has 1 aliphatic rings. The van der Waals surface area contributed by atoms with Crippen molar-refractivity contribution in [2.24, 2.45) is 5.73 Å². The Kier molecular flexibility index (Phi) is 7.51. The number of nitrogens with two attached hydrogens (primary N) is 1. The van der Waals surface area contributed by atoms with Crippen molar-refractivity contribution in [1.29, 1.82) is 5.26 Å². The Morgan fingerprint density at radius 2 is 1.83 bits per heavy atom. The summed E-state index contributed by atoms with van der Waals surface area (Å²) >= 11 is 3.49. The van der Waals surface area contributed by atoms with E-state index in [0.717, 1.165) is 16.5 Å². The van der Waals surface area contributed by atoms with Crippen molar-refractivity contribution in [1.82, 2.24) is 0 Å². The van der Waals surface area contributed by atoms with Crippen molar-refractivity contribution in [3.8, 4) is 29.1 Å². The van der Waals surface area contributed by atoms with Crippen LogP contribution in [0.1, 0.15) is 36.5 Å². The molecule has 0 radical (unpaired) electrons. The largest absolute Gasteiger partial charge is 0.496 e. The fourth-order valence-corrected chi connectivity index (χ4v) is 4.38. The third-order valence-electron chi connectivity index (χ3n) is 5.89. The lowest BCUT2D eigenvalue weighted by Gasteiger charge is -2.28. The van der Waals surface area contributed by atoms with Crippen molar-refractivity contribution in [3.63, 3.8) is 0 Å². The molecule has 0 spiro atoms. The third kappa shape index (κ3) is 5.16. The van der Waals surface area contributed by atoms with Crippen LogP contribution < -0.4 is 24.7 Å². The fourth-order valence-electron chi connectivity index (χ4n) is 4.00. The second-order valence-electron chi connectivity index (χ2n) is 8.19. The highest BCUT2D eigenvalue weighted by molar-refractivity contribution is 9.10. The van der Waals surface area contributed by atoms with Gasteiger partial charge in [0.15, 0.2) is 6.10 Å². The number of nitriles is 1. The molecule has 0 saturated heterocycles. The van der Waals surface area contributed by atoms with Crippen LogP contribution in [0.2, 0.25) is 0 Å². The molecule has 1 heterocycles. The molecule has 0 aromatic heterocycles. The number of hydrogen-bond acceptors (Lipinski definition) is 7. The first-order valence-corrected chi connectivity index (χ1v) is 12.2. The summed E-state index contributed by atoms with van der Waals surface area (Å²) < 4.78 is 23.4. The third-order valence-corrected chi connectivity index (χ3v) is 6.38. The molecule has 0 amide bonds. The number of nitrogens with zero attached hydrogens (tertiary/aromatic N) is 1. The van der Waals surface area contributed by atoms with Gasteiger partial charge in [0, 0.05) is 21.7 Å². The summed E-state index contributed by atoms with van der Waals surface area (Å²) in [6.45, 7) is 3.70. The summed E-state index contributed by atoms with van der Waals surface area (Å²) in [6.07, 6.45) is 0.0894. The van der Waals surface area contributed by atoms with Crippen LogP contribution in [0, 0.1) is 11.3 Å². The van der Waals surface area contributed by atoms with Crippen LogP contribution in [0.25, 0.3) is 0 Å². The molecule has 8 heteroatoms. The van der Waals surface area contributed by atoms with Crippen LogP contribution in [0.3, 0.4) is 0 Å². The zero-order chi connectivity index (χ0) is 25.8. The first-order chi connectivity index (χ1) is 17.3. The van der Waals surface area contributed by atoms with Gasteiger partial charge in [-0.3, -0.25) is 0 Å². The minimum atomic E-state index is -0.830. The van der Waals surface area contributed by atoms with Gasteiger partial charge in [0.25, 0.3) is 0 Å². The van der Waals surface area contributed by atoms with E-state index in [0.29, 0.717) is 22.8 Å². The van der Waals surface area contributed by atoms with Crippen molar-refractivity contribution < 1.29 is 23.7 Å². The molecule has 1 aliphatic heterocycles. The van der Waals surface area contributed by atoms with Crippen molar-refractivity contribution in [3.05, 3.63) is 93.3 Å². The van der Waals surface area contributed by atoms with E-state index in [1.165, 1.54) is 5.56 Å². The number of rotatable bonds is 7.